The zero-order valence-electron chi connectivity index (χ0n) is 15.2. The van der Waals surface area contributed by atoms with E-state index in [1.807, 2.05) is 6.92 Å². The van der Waals surface area contributed by atoms with Crippen LogP contribution in [0.4, 0.5) is 10.6 Å². The maximum absolute atomic E-state index is 12.4. The predicted octanol–water partition coefficient (Wildman–Crippen LogP) is 2.50. The first-order valence-corrected chi connectivity index (χ1v) is 8.01. The van der Waals surface area contributed by atoms with Crippen LogP contribution < -0.4 is 10.6 Å². The first-order valence-electron chi connectivity index (χ1n) is 8.01. The van der Waals surface area contributed by atoms with E-state index in [4.69, 9.17) is 4.74 Å². The average Bonchev–Trinajstić information content (AvgIpc) is 2.52. The van der Waals surface area contributed by atoms with Crippen molar-refractivity contribution < 1.29 is 23.9 Å². The fraction of sp³-hybridized carbons (Fsp3) is 0.529. The van der Waals surface area contributed by atoms with E-state index in [-0.39, 0.29) is 11.4 Å². The number of aromatic nitrogens is 1. The molecule has 1 aromatic heterocycles. The second-order valence-corrected chi connectivity index (χ2v) is 6.40. The standard InChI is InChI=1S/C17H25N3O5/c1-6-7-12(19-16(23)25-17(2,3)4)14(21)20-13-9-8-11(10-18-13)15(22)24-5/h8-10,12H,6-7H2,1-5H3,(H,19,23)(H,18,20,21). The molecule has 0 aliphatic carbocycles. The van der Waals surface area contributed by atoms with Crippen LogP contribution in [0.3, 0.4) is 0 Å². The third-order valence-corrected chi connectivity index (χ3v) is 3.02. The zero-order valence-corrected chi connectivity index (χ0v) is 15.2. The number of esters is 1. The van der Waals surface area contributed by atoms with E-state index in [2.05, 4.69) is 20.4 Å². The highest BCUT2D eigenvalue weighted by molar-refractivity contribution is 5.96. The molecule has 8 nitrogen and oxygen atoms in total. The molecule has 0 fully saturated rings. The summed E-state index contributed by atoms with van der Waals surface area (Å²) in [6, 6.07) is 2.23. The quantitative estimate of drug-likeness (QED) is 0.763. The fourth-order valence-electron chi connectivity index (χ4n) is 1.93. The van der Waals surface area contributed by atoms with Crippen LogP contribution in [-0.2, 0) is 14.3 Å². The number of methoxy groups -OCH3 is 1. The van der Waals surface area contributed by atoms with Gasteiger partial charge in [0.2, 0.25) is 5.91 Å². The molecular formula is C17H25N3O5. The van der Waals surface area contributed by atoms with Gasteiger partial charge in [-0.25, -0.2) is 14.6 Å². The summed E-state index contributed by atoms with van der Waals surface area (Å²) >= 11 is 0. The Morgan fingerprint density at radius 3 is 2.40 bits per heavy atom. The Hall–Kier alpha value is -2.64. The largest absolute Gasteiger partial charge is 0.465 e. The maximum atomic E-state index is 12.4. The van der Waals surface area contributed by atoms with Crippen molar-refractivity contribution in [3.63, 3.8) is 0 Å². The molecule has 0 aromatic carbocycles. The molecule has 138 valence electrons. The number of hydrogen-bond donors (Lipinski definition) is 2. The van der Waals surface area contributed by atoms with E-state index in [9.17, 15) is 14.4 Å². The van der Waals surface area contributed by atoms with Crippen LogP contribution >= 0.6 is 0 Å². The molecule has 1 atom stereocenters. The smallest absolute Gasteiger partial charge is 0.408 e. The van der Waals surface area contributed by atoms with Crippen molar-refractivity contribution in [3.8, 4) is 0 Å². The Kier molecular flexibility index (Phi) is 7.35. The Balaban J connectivity index is 2.72. The lowest BCUT2D eigenvalue weighted by Crippen LogP contribution is -2.45. The molecule has 1 heterocycles. The van der Waals surface area contributed by atoms with Crippen molar-refractivity contribution in [1.82, 2.24) is 10.3 Å². The molecule has 0 radical (unpaired) electrons. The molecule has 2 N–H and O–H groups in total. The third kappa shape index (κ3) is 7.19. The summed E-state index contributed by atoms with van der Waals surface area (Å²) in [7, 11) is 1.27. The van der Waals surface area contributed by atoms with Gasteiger partial charge in [-0.2, -0.15) is 0 Å². The van der Waals surface area contributed by atoms with Crippen LogP contribution in [0, 0.1) is 0 Å². The van der Waals surface area contributed by atoms with E-state index in [1.165, 1.54) is 25.4 Å². The van der Waals surface area contributed by atoms with Crippen LogP contribution in [0.2, 0.25) is 0 Å². The van der Waals surface area contributed by atoms with Gasteiger partial charge in [0.25, 0.3) is 0 Å². The molecule has 0 saturated carbocycles. The Bertz CT molecular complexity index is 608. The van der Waals surface area contributed by atoms with Gasteiger partial charge in [-0.05, 0) is 39.3 Å². The van der Waals surface area contributed by atoms with Crippen molar-refractivity contribution in [2.45, 2.75) is 52.2 Å². The highest BCUT2D eigenvalue weighted by Crippen LogP contribution is 2.10. The van der Waals surface area contributed by atoms with Crippen LogP contribution in [-0.4, -0.2) is 41.7 Å². The summed E-state index contributed by atoms with van der Waals surface area (Å²) in [5.41, 5.74) is -0.375. The molecular weight excluding hydrogens is 326 g/mol. The van der Waals surface area contributed by atoms with Crippen LogP contribution in [0.25, 0.3) is 0 Å². The summed E-state index contributed by atoms with van der Waals surface area (Å²) in [6.07, 6.45) is 1.79. The van der Waals surface area contributed by atoms with Crippen molar-refractivity contribution >= 4 is 23.8 Å². The monoisotopic (exact) mass is 351 g/mol. The maximum Gasteiger partial charge on any atom is 0.408 e. The van der Waals surface area contributed by atoms with Gasteiger partial charge in [0.05, 0.1) is 12.7 Å². The van der Waals surface area contributed by atoms with Crippen LogP contribution in [0.1, 0.15) is 50.9 Å². The lowest BCUT2D eigenvalue weighted by atomic mass is 10.1. The lowest BCUT2D eigenvalue weighted by molar-refractivity contribution is -0.118. The van der Waals surface area contributed by atoms with E-state index >= 15 is 0 Å². The molecule has 1 unspecified atom stereocenters. The molecule has 0 aliphatic heterocycles. The second-order valence-electron chi connectivity index (χ2n) is 6.40. The Morgan fingerprint density at radius 1 is 1.24 bits per heavy atom. The van der Waals surface area contributed by atoms with E-state index in [1.54, 1.807) is 20.8 Å². The third-order valence-electron chi connectivity index (χ3n) is 3.02. The minimum Gasteiger partial charge on any atom is -0.465 e. The topological polar surface area (TPSA) is 107 Å². The number of hydrogen-bond acceptors (Lipinski definition) is 6. The minimum atomic E-state index is -0.748. The molecule has 0 saturated heterocycles. The van der Waals surface area contributed by atoms with Crippen LogP contribution in [0.15, 0.2) is 18.3 Å². The van der Waals surface area contributed by atoms with Gasteiger partial charge in [-0.1, -0.05) is 13.3 Å². The fourth-order valence-corrected chi connectivity index (χ4v) is 1.93. The van der Waals surface area contributed by atoms with Crippen LogP contribution in [0.5, 0.6) is 0 Å². The van der Waals surface area contributed by atoms with E-state index in [0.717, 1.165) is 0 Å². The van der Waals surface area contributed by atoms with Gasteiger partial charge in [0.15, 0.2) is 0 Å². The highest BCUT2D eigenvalue weighted by atomic mass is 16.6. The van der Waals surface area contributed by atoms with E-state index < -0.39 is 29.6 Å². The number of carbonyl (C=O) groups excluding carboxylic acids is 3. The highest BCUT2D eigenvalue weighted by Gasteiger charge is 2.24. The molecule has 25 heavy (non-hydrogen) atoms. The SMILES string of the molecule is CCCC(NC(=O)OC(C)(C)C)C(=O)Nc1ccc(C(=O)OC)cn1. The van der Waals surface area contributed by atoms with Crippen molar-refractivity contribution in [2.75, 3.05) is 12.4 Å². The first kappa shape index (κ1) is 20.4. The summed E-state index contributed by atoms with van der Waals surface area (Å²) in [6.45, 7) is 7.14. The first-order chi connectivity index (χ1) is 11.7. The molecule has 1 aromatic rings. The van der Waals surface area contributed by atoms with Crippen molar-refractivity contribution in [2.24, 2.45) is 0 Å². The molecule has 1 rings (SSSR count). The summed E-state index contributed by atoms with van der Waals surface area (Å²) < 4.78 is 9.76. The van der Waals surface area contributed by atoms with E-state index in [0.29, 0.717) is 12.8 Å². The molecule has 0 aliphatic rings. The summed E-state index contributed by atoms with van der Waals surface area (Å²) in [5, 5.41) is 5.16. The van der Waals surface area contributed by atoms with Gasteiger partial charge in [-0.3, -0.25) is 4.79 Å². The molecule has 0 spiro atoms. The number of ether oxygens (including phenoxy) is 2. The number of rotatable bonds is 6. The number of amides is 2. The number of nitrogens with zero attached hydrogens (tertiary/aromatic N) is 1. The number of alkyl carbamates (subject to hydrolysis) is 1. The van der Waals surface area contributed by atoms with Gasteiger partial charge >= 0.3 is 12.1 Å². The number of carbonyl (C=O) groups is 3. The predicted molar refractivity (Wildman–Crippen MR) is 92.3 cm³/mol. The van der Waals surface area contributed by atoms with Gasteiger partial charge in [-0.15, -0.1) is 0 Å². The molecule has 2 amide bonds. The van der Waals surface area contributed by atoms with Gasteiger partial charge in [0, 0.05) is 6.20 Å². The minimum absolute atomic E-state index is 0.268. The molecule has 8 heteroatoms. The molecule has 0 bridgehead atoms. The van der Waals surface area contributed by atoms with Crippen molar-refractivity contribution in [3.05, 3.63) is 23.9 Å². The van der Waals surface area contributed by atoms with Gasteiger partial charge < -0.3 is 20.1 Å². The number of anilines is 1. The number of nitrogens with one attached hydrogen (secondary N) is 2. The Labute approximate surface area is 147 Å². The van der Waals surface area contributed by atoms with Crippen molar-refractivity contribution in [1.29, 1.82) is 0 Å². The summed E-state index contributed by atoms with van der Waals surface area (Å²) in [5.74, 6) is -0.656. The zero-order chi connectivity index (χ0) is 19.0. The average molecular weight is 351 g/mol. The second kappa shape index (κ2) is 9.00. The number of pyridine rings is 1. The normalized spacial score (nSPS) is 12.0. The Morgan fingerprint density at radius 2 is 1.92 bits per heavy atom. The lowest BCUT2D eigenvalue weighted by Gasteiger charge is -2.23. The van der Waals surface area contributed by atoms with Gasteiger partial charge in [0.1, 0.15) is 17.5 Å². The summed E-state index contributed by atoms with van der Waals surface area (Å²) in [4.78, 5) is 39.6.